The molecule has 0 saturated carbocycles. The van der Waals surface area contributed by atoms with Crippen LogP contribution in [-0.4, -0.2) is 46.6 Å². The van der Waals surface area contributed by atoms with Gasteiger partial charge in [-0.3, -0.25) is 4.79 Å². The maximum atomic E-state index is 12.1. The maximum absolute atomic E-state index is 12.1. The Bertz CT molecular complexity index is 845. The molecule has 0 aliphatic rings. The quantitative estimate of drug-likeness (QED) is 0.474. The van der Waals surface area contributed by atoms with Crippen molar-refractivity contribution in [1.29, 1.82) is 0 Å². The number of benzene rings is 1. The molecule has 1 unspecified atom stereocenters. The lowest BCUT2D eigenvalue weighted by Crippen LogP contribution is -2.32. The van der Waals surface area contributed by atoms with Crippen LogP contribution in [0.2, 0.25) is 0 Å². The van der Waals surface area contributed by atoms with Crippen molar-refractivity contribution >= 4 is 28.6 Å². The molecule has 2 aromatic heterocycles. The monoisotopic (exact) mass is 360 g/mol. The number of nitrogens with one attached hydrogen (secondary N) is 2. The summed E-state index contributed by atoms with van der Waals surface area (Å²) in [5, 5.41) is 12.1. The van der Waals surface area contributed by atoms with Gasteiger partial charge in [-0.1, -0.05) is 30.0 Å². The smallest absolute Gasteiger partial charge is 0.277 e. The minimum Gasteiger partial charge on any atom is -0.411 e. The molecule has 2 heterocycles. The third kappa shape index (κ3) is 4.21. The second kappa shape index (κ2) is 8.17. The number of amides is 1. The lowest BCUT2D eigenvalue weighted by atomic mass is 10.2. The first-order valence-electron chi connectivity index (χ1n) is 8.02. The molecule has 3 aromatic rings. The molecule has 0 aliphatic heterocycles. The Morgan fingerprint density at radius 2 is 2.24 bits per heavy atom. The first-order chi connectivity index (χ1) is 12.2. The van der Waals surface area contributed by atoms with Crippen molar-refractivity contribution in [3.8, 4) is 11.5 Å². The molecule has 1 aromatic carbocycles. The number of aromatic amines is 1. The van der Waals surface area contributed by atoms with Gasteiger partial charge in [0.15, 0.2) is 0 Å². The second-order valence-corrected chi connectivity index (χ2v) is 6.81. The summed E-state index contributed by atoms with van der Waals surface area (Å²) in [6.07, 6.45) is 2.63. The molecule has 0 radical (unpaired) electrons. The highest BCUT2D eigenvalue weighted by molar-refractivity contribution is 8.00. The SMILES string of the molecule is COCCCNC(=O)C(C)Sc1nnc(-c2c[nH]c3ccccc23)o1. The number of para-hydroxylation sites is 1. The Kier molecular flexibility index (Phi) is 5.72. The zero-order valence-corrected chi connectivity index (χ0v) is 14.9. The molecule has 0 aliphatic carbocycles. The maximum Gasteiger partial charge on any atom is 0.277 e. The van der Waals surface area contributed by atoms with Crippen LogP contribution < -0.4 is 5.32 Å². The topological polar surface area (TPSA) is 93.0 Å². The lowest BCUT2D eigenvalue weighted by molar-refractivity contribution is -0.120. The molecule has 0 saturated heterocycles. The largest absolute Gasteiger partial charge is 0.411 e. The number of carbonyl (C=O) groups is 1. The van der Waals surface area contributed by atoms with E-state index in [2.05, 4.69) is 20.5 Å². The first kappa shape index (κ1) is 17.5. The van der Waals surface area contributed by atoms with Crippen LogP contribution in [0.1, 0.15) is 13.3 Å². The van der Waals surface area contributed by atoms with Gasteiger partial charge in [-0.2, -0.15) is 0 Å². The van der Waals surface area contributed by atoms with Gasteiger partial charge in [0.2, 0.25) is 5.91 Å². The summed E-state index contributed by atoms with van der Waals surface area (Å²) >= 11 is 1.25. The lowest BCUT2D eigenvalue weighted by Gasteiger charge is -2.09. The van der Waals surface area contributed by atoms with Crippen LogP contribution in [0.3, 0.4) is 0 Å². The Hall–Kier alpha value is -2.32. The number of hydrogen-bond acceptors (Lipinski definition) is 6. The summed E-state index contributed by atoms with van der Waals surface area (Å²) in [6, 6.07) is 7.90. The fourth-order valence-corrected chi connectivity index (χ4v) is 3.10. The van der Waals surface area contributed by atoms with Crippen LogP contribution >= 0.6 is 11.8 Å². The third-order valence-electron chi connectivity index (χ3n) is 3.70. The standard InChI is InChI=1S/C17H20N4O3S/c1-11(15(22)18-8-5-9-23-2)25-17-21-20-16(24-17)13-10-19-14-7-4-3-6-12(13)14/h3-4,6-7,10-11,19H,5,8-9H2,1-2H3,(H,18,22). The average molecular weight is 360 g/mol. The molecule has 1 amide bonds. The Morgan fingerprint density at radius 1 is 1.40 bits per heavy atom. The second-order valence-electron chi connectivity index (χ2n) is 5.52. The molecule has 7 nitrogen and oxygen atoms in total. The molecule has 3 rings (SSSR count). The first-order valence-corrected chi connectivity index (χ1v) is 8.90. The van der Waals surface area contributed by atoms with E-state index in [1.165, 1.54) is 11.8 Å². The van der Waals surface area contributed by atoms with Crippen LogP contribution in [0, 0.1) is 0 Å². The summed E-state index contributed by atoms with van der Waals surface area (Å²) in [7, 11) is 1.64. The summed E-state index contributed by atoms with van der Waals surface area (Å²) in [5.74, 6) is 0.376. The number of ether oxygens (including phenoxy) is 1. The van der Waals surface area contributed by atoms with E-state index in [4.69, 9.17) is 9.15 Å². The highest BCUT2D eigenvalue weighted by Gasteiger charge is 2.19. The van der Waals surface area contributed by atoms with Gasteiger partial charge in [-0.05, 0) is 19.4 Å². The number of thioether (sulfide) groups is 1. The van der Waals surface area contributed by atoms with Crippen LogP contribution in [-0.2, 0) is 9.53 Å². The van der Waals surface area contributed by atoms with E-state index in [0.717, 1.165) is 22.9 Å². The van der Waals surface area contributed by atoms with Crippen LogP contribution in [0.25, 0.3) is 22.4 Å². The van der Waals surface area contributed by atoms with Crippen molar-refractivity contribution in [2.75, 3.05) is 20.3 Å². The number of rotatable bonds is 8. The van der Waals surface area contributed by atoms with Gasteiger partial charge < -0.3 is 19.5 Å². The van der Waals surface area contributed by atoms with Crippen molar-refractivity contribution in [2.45, 2.75) is 23.8 Å². The molecule has 2 N–H and O–H groups in total. The summed E-state index contributed by atoms with van der Waals surface area (Å²) in [6.45, 7) is 3.02. The van der Waals surface area contributed by atoms with Crippen molar-refractivity contribution in [2.24, 2.45) is 0 Å². The zero-order valence-electron chi connectivity index (χ0n) is 14.1. The molecule has 132 valence electrons. The van der Waals surface area contributed by atoms with Crippen molar-refractivity contribution in [3.05, 3.63) is 30.5 Å². The van der Waals surface area contributed by atoms with Crippen molar-refractivity contribution in [3.63, 3.8) is 0 Å². The molecule has 0 spiro atoms. The molecule has 25 heavy (non-hydrogen) atoms. The van der Waals surface area contributed by atoms with Gasteiger partial charge in [-0.15, -0.1) is 10.2 Å². The number of methoxy groups -OCH3 is 1. The van der Waals surface area contributed by atoms with Gasteiger partial charge >= 0.3 is 0 Å². The molecular formula is C17H20N4O3S. The highest BCUT2D eigenvalue weighted by atomic mass is 32.2. The third-order valence-corrected chi connectivity index (χ3v) is 4.63. The number of hydrogen-bond donors (Lipinski definition) is 2. The summed E-state index contributed by atoms with van der Waals surface area (Å²) < 4.78 is 10.7. The normalized spacial score (nSPS) is 12.4. The number of aromatic nitrogens is 3. The van der Waals surface area contributed by atoms with Gasteiger partial charge in [0, 0.05) is 37.4 Å². The molecule has 0 fully saturated rings. The van der Waals surface area contributed by atoms with E-state index in [0.29, 0.717) is 24.3 Å². The molecule has 8 heteroatoms. The van der Waals surface area contributed by atoms with Gasteiger partial charge in [0.05, 0.1) is 10.8 Å². The average Bonchev–Trinajstić information content (AvgIpc) is 3.25. The summed E-state index contributed by atoms with van der Waals surface area (Å²) in [5.41, 5.74) is 1.86. The number of carbonyl (C=O) groups excluding carboxylic acids is 1. The highest BCUT2D eigenvalue weighted by Crippen LogP contribution is 2.30. The van der Waals surface area contributed by atoms with E-state index in [9.17, 15) is 4.79 Å². The Balaban J connectivity index is 1.62. The number of H-pyrrole nitrogens is 1. The minimum atomic E-state index is -0.321. The van der Waals surface area contributed by atoms with Crippen molar-refractivity contribution < 1.29 is 13.9 Å². The predicted octanol–water partition coefficient (Wildman–Crippen LogP) is 2.85. The van der Waals surface area contributed by atoms with E-state index in [1.807, 2.05) is 37.4 Å². The van der Waals surface area contributed by atoms with E-state index >= 15 is 0 Å². The van der Waals surface area contributed by atoms with E-state index in [-0.39, 0.29) is 11.2 Å². The van der Waals surface area contributed by atoms with Crippen LogP contribution in [0.15, 0.2) is 40.1 Å². The van der Waals surface area contributed by atoms with E-state index in [1.54, 1.807) is 7.11 Å². The minimum absolute atomic E-state index is 0.0621. The summed E-state index contributed by atoms with van der Waals surface area (Å²) in [4.78, 5) is 15.2. The molecular weight excluding hydrogens is 340 g/mol. The molecule has 1 atom stereocenters. The zero-order chi connectivity index (χ0) is 17.6. The fourth-order valence-electron chi connectivity index (χ4n) is 2.39. The van der Waals surface area contributed by atoms with Crippen molar-refractivity contribution in [1.82, 2.24) is 20.5 Å². The van der Waals surface area contributed by atoms with Crippen LogP contribution in [0.4, 0.5) is 0 Å². The number of fused-ring (bicyclic) bond motifs is 1. The molecule has 0 bridgehead atoms. The van der Waals surface area contributed by atoms with E-state index < -0.39 is 0 Å². The van der Waals surface area contributed by atoms with Gasteiger partial charge in [0.25, 0.3) is 11.1 Å². The predicted molar refractivity (Wildman–Crippen MR) is 96.4 cm³/mol. The number of nitrogens with zero attached hydrogens (tertiary/aromatic N) is 2. The van der Waals surface area contributed by atoms with Gasteiger partial charge in [-0.25, -0.2) is 0 Å². The van der Waals surface area contributed by atoms with Crippen LogP contribution in [0.5, 0.6) is 0 Å². The Labute approximate surface area is 149 Å². The fraction of sp³-hybridized carbons (Fsp3) is 0.353. The van der Waals surface area contributed by atoms with Gasteiger partial charge in [0.1, 0.15) is 0 Å². The Morgan fingerprint density at radius 3 is 3.08 bits per heavy atom.